The molecule has 0 radical (unpaired) electrons. The van der Waals surface area contributed by atoms with Crippen LogP contribution in [0.3, 0.4) is 0 Å². The van der Waals surface area contributed by atoms with Crippen LogP contribution in [0.25, 0.3) is 11.0 Å². The van der Waals surface area contributed by atoms with Crippen molar-refractivity contribution < 1.29 is 19.5 Å². The van der Waals surface area contributed by atoms with E-state index in [4.69, 9.17) is 0 Å². The molecule has 6 heterocycles. The Bertz CT molecular complexity index is 1340. The molecule has 3 aromatic rings. The topological polar surface area (TPSA) is 132 Å². The summed E-state index contributed by atoms with van der Waals surface area (Å²) in [7, 11) is 0. The van der Waals surface area contributed by atoms with Crippen molar-refractivity contribution in [2.24, 2.45) is 0 Å². The maximum atomic E-state index is 12.9. The minimum Gasteiger partial charge on any atom is -0.383 e. The lowest BCUT2D eigenvalue weighted by Crippen LogP contribution is -2.52. The zero-order chi connectivity index (χ0) is 24.2. The molecule has 0 saturated carbocycles. The zero-order valence-electron chi connectivity index (χ0n) is 19.2. The lowest BCUT2D eigenvalue weighted by atomic mass is 9.87. The number of hydrogen-bond acceptors (Lipinski definition) is 7. The van der Waals surface area contributed by atoms with Crippen LogP contribution in [0.1, 0.15) is 53.0 Å². The van der Waals surface area contributed by atoms with Gasteiger partial charge in [-0.2, -0.15) is 0 Å². The van der Waals surface area contributed by atoms with Crippen molar-refractivity contribution in [2.75, 3.05) is 13.1 Å². The number of nitrogens with zero attached hydrogens (tertiary/aromatic N) is 4. The maximum absolute atomic E-state index is 12.9. The zero-order valence-corrected chi connectivity index (χ0v) is 19.2. The van der Waals surface area contributed by atoms with E-state index in [1.54, 1.807) is 12.1 Å². The average molecular weight is 475 g/mol. The van der Waals surface area contributed by atoms with Gasteiger partial charge >= 0.3 is 0 Å². The lowest BCUT2D eigenvalue weighted by Gasteiger charge is -2.38. The summed E-state index contributed by atoms with van der Waals surface area (Å²) in [5.41, 5.74) is 2.51. The van der Waals surface area contributed by atoms with E-state index in [1.807, 2.05) is 18.5 Å². The van der Waals surface area contributed by atoms with Gasteiger partial charge in [0.05, 0.1) is 23.5 Å². The number of fused-ring (bicyclic) bond motifs is 2. The van der Waals surface area contributed by atoms with E-state index in [9.17, 15) is 19.5 Å². The monoisotopic (exact) mass is 474 g/mol. The molecule has 3 aliphatic heterocycles. The first-order valence-corrected chi connectivity index (χ1v) is 11.9. The average Bonchev–Trinajstić information content (AvgIpc) is 3.44. The van der Waals surface area contributed by atoms with Crippen molar-refractivity contribution in [1.82, 2.24) is 30.1 Å². The number of piperidine rings is 2. The molecule has 10 heteroatoms. The highest BCUT2D eigenvalue weighted by Crippen LogP contribution is 2.35. The van der Waals surface area contributed by atoms with Crippen molar-refractivity contribution in [3.05, 3.63) is 59.2 Å². The standard InChI is InChI=1S/C25H26N6O4/c32-21-4-2-19(23(33)29-21)31-14-18-17(24(31)34)1-3-20(28-18)25(35)6-9-30(10-7-25)13-15-11-16-5-8-26-22(16)27-12-15/h1,3,5,8,11-12,19,35H,2,4,6-7,9-10,13-14H2,(H,26,27)(H,29,32,33). The first kappa shape index (κ1) is 21.9. The molecule has 3 aliphatic rings. The Morgan fingerprint density at radius 3 is 2.77 bits per heavy atom. The van der Waals surface area contributed by atoms with Gasteiger partial charge in [-0.3, -0.25) is 29.6 Å². The fourth-order valence-electron chi connectivity index (χ4n) is 5.36. The highest BCUT2D eigenvalue weighted by atomic mass is 16.3. The van der Waals surface area contributed by atoms with Gasteiger partial charge in [-0.1, -0.05) is 0 Å². The number of carbonyl (C=O) groups is 3. The highest BCUT2D eigenvalue weighted by molar-refractivity contribution is 6.05. The number of hydrogen-bond donors (Lipinski definition) is 3. The first-order chi connectivity index (χ1) is 16.9. The summed E-state index contributed by atoms with van der Waals surface area (Å²) in [6.07, 6.45) is 5.34. The third-order valence-electron chi connectivity index (χ3n) is 7.39. The fraction of sp³-hybridized carbons (Fsp3) is 0.400. The summed E-state index contributed by atoms with van der Waals surface area (Å²) in [4.78, 5) is 52.7. The summed E-state index contributed by atoms with van der Waals surface area (Å²) in [6.45, 7) is 2.38. The molecule has 0 aromatic carbocycles. The van der Waals surface area contributed by atoms with Crippen LogP contribution in [0.4, 0.5) is 0 Å². The van der Waals surface area contributed by atoms with Gasteiger partial charge in [0.15, 0.2) is 0 Å². The number of carbonyl (C=O) groups excluding carboxylic acids is 3. The van der Waals surface area contributed by atoms with Gasteiger partial charge in [0.2, 0.25) is 11.8 Å². The molecule has 0 spiro atoms. The van der Waals surface area contributed by atoms with Crippen LogP contribution in [0.15, 0.2) is 36.7 Å². The number of likely N-dealkylation sites (tertiary alicyclic amines) is 1. The second kappa shape index (κ2) is 8.24. The van der Waals surface area contributed by atoms with E-state index >= 15 is 0 Å². The third-order valence-corrected chi connectivity index (χ3v) is 7.39. The molecular formula is C25H26N6O4. The van der Waals surface area contributed by atoms with Gasteiger partial charge in [0, 0.05) is 43.8 Å². The van der Waals surface area contributed by atoms with Crippen molar-refractivity contribution in [1.29, 1.82) is 0 Å². The predicted molar refractivity (Wildman–Crippen MR) is 125 cm³/mol. The molecule has 1 unspecified atom stereocenters. The van der Waals surface area contributed by atoms with E-state index < -0.39 is 17.6 Å². The number of aliphatic hydroxyl groups is 1. The third kappa shape index (κ3) is 3.88. The number of pyridine rings is 2. The molecule has 10 nitrogen and oxygen atoms in total. The normalized spacial score (nSPS) is 22.5. The van der Waals surface area contributed by atoms with Crippen molar-refractivity contribution in [3.63, 3.8) is 0 Å². The van der Waals surface area contributed by atoms with Gasteiger partial charge in [0.1, 0.15) is 17.3 Å². The minimum atomic E-state index is -1.07. The van der Waals surface area contributed by atoms with Gasteiger partial charge in [-0.15, -0.1) is 0 Å². The second-order valence-electron chi connectivity index (χ2n) is 9.66. The summed E-state index contributed by atoms with van der Waals surface area (Å²) in [6, 6.07) is 6.89. The molecular weight excluding hydrogens is 448 g/mol. The Kier molecular flexibility index (Phi) is 5.15. The number of aromatic amines is 1. The first-order valence-electron chi connectivity index (χ1n) is 11.9. The lowest BCUT2D eigenvalue weighted by molar-refractivity contribution is -0.136. The molecule has 0 bridgehead atoms. The molecule has 3 aromatic heterocycles. The Morgan fingerprint density at radius 1 is 1.14 bits per heavy atom. The fourth-order valence-corrected chi connectivity index (χ4v) is 5.36. The van der Waals surface area contributed by atoms with Crippen LogP contribution >= 0.6 is 0 Å². The number of H-pyrrole nitrogens is 1. The molecule has 3 N–H and O–H groups in total. The number of nitrogens with one attached hydrogen (secondary N) is 2. The van der Waals surface area contributed by atoms with Crippen LogP contribution in [-0.2, 0) is 28.3 Å². The minimum absolute atomic E-state index is 0.200. The smallest absolute Gasteiger partial charge is 0.256 e. The Hall–Kier alpha value is -3.63. The SMILES string of the molecule is O=C1CCC(N2Cc3nc(C4(O)CCN(Cc5cnc6[nH]ccc6c5)CC4)ccc3C2=O)C(=O)N1. The van der Waals surface area contributed by atoms with Crippen molar-refractivity contribution in [2.45, 2.75) is 50.4 Å². The summed E-state index contributed by atoms with van der Waals surface area (Å²) in [5, 5.41) is 14.8. The number of aromatic nitrogens is 3. The molecule has 3 amide bonds. The predicted octanol–water partition coefficient (Wildman–Crippen LogP) is 1.20. The van der Waals surface area contributed by atoms with Gasteiger partial charge in [-0.25, -0.2) is 4.98 Å². The van der Waals surface area contributed by atoms with Crippen molar-refractivity contribution >= 4 is 28.8 Å². The van der Waals surface area contributed by atoms with Crippen LogP contribution < -0.4 is 5.32 Å². The quantitative estimate of drug-likeness (QED) is 0.484. The highest BCUT2D eigenvalue weighted by Gasteiger charge is 2.41. The van der Waals surface area contributed by atoms with Gasteiger partial charge in [0.25, 0.3) is 5.91 Å². The van der Waals surface area contributed by atoms with E-state index in [2.05, 4.69) is 31.2 Å². The van der Waals surface area contributed by atoms with Crippen LogP contribution in [0, 0.1) is 0 Å². The Morgan fingerprint density at radius 2 is 1.97 bits per heavy atom. The second-order valence-corrected chi connectivity index (χ2v) is 9.66. The number of amides is 3. The maximum Gasteiger partial charge on any atom is 0.256 e. The summed E-state index contributed by atoms with van der Waals surface area (Å²) >= 11 is 0. The van der Waals surface area contributed by atoms with E-state index in [-0.39, 0.29) is 24.8 Å². The van der Waals surface area contributed by atoms with Gasteiger partial charge < -0.3 is 15.0 Å². The van der Waals surface area contributed by atoms with E-state index in [0.29, 0.717) is 49.3 Å². The van der Waals surface area contributed by atoms with Crippen LogP contribution in [0.5, 0.6) is 0 Å². The van der Waals surface area contributed by atoms with E-state index in [1.165, 1.54) is 4.90 Å². The Balaban J connectivity index is 1.13. The van der Waals surface area contributed by atoms with Crippen molar-refractivity contribution in [3.8, 4) is 0 Å². The Labute approximate surface area is 201 Å². The molecule has 35 heavy (non-hydrogen) atoms. The number of rotatable bonds is 4. The summed E-state index contributed by atoms with van der Waals surface area (Å²) in [5.74, 6) is -1.02. The molecule has 2 fully saturated rings. The molecule has 2 saturated heterocycles. The summed E-state index contributed by atoms with van der Waals surface area (Å²) < 4.78 is 0. The van der Waals surface area contributed by atoms with Crippen LogP contribution in [0.2, 0.25) is 0 Å². The molecule has 0 aliphatic carbocycles. The molecule has 180 valence electrons. The van der Waals surface area contributed by atoms with E-state index in [0.717, 1.165) is 23.1 Å². The van der Waals surface area contributed by atoms with Crippen LogP contribution in [-0.4, -0.2) is 66.7 Å². The number of imide groups is 1. The largest absolute Gasteiger partial charge is 0.383 e. The van der Waals surface area contributed by atoms with Gasteiger partial charge in [-0.05, 0) is 49.1 Å². The molecule has 6 rings (SSSR count). The molecule has 1 atom stereocenters.